The zero-order chi connectivity index (χ0) is 22.0. The normalized spacial score (nSPS) is 15.5. The Morgan fingerprint density at radius 1 is 1.03 bits per heavy atom. The Labute approximate surface area is 184 Å². The molecule has 3 aromatic rings. The van der Waals surface area contributed by atoms with Crippen molar-refractivity contribution in [2.24, 2.45) is 5.10 Å². The van der Waals surface area contributed by atoms with Crippen molar-refractivity contribution in [2.45, 2.75) is 12.5 Å². The smallest absolute Gasteiger partial charge is 0.276 e. The molecular formula is C24H20ClFN2O3. The minimum absolute atomic E-state index is 0.324. The van der Waals surface area contributed by atoms with E-state index in [4.69, 9.17) is 21.1 Å². The summed E-state index contributed by atoms with van der Waals surface area (Å²) in [7, 11) is 3.13. The second-order valence-electron chi connectivity index (χ2n) is 7.02. The number of carbonyl (C=O) groups excluding carboxylic acids is 1. The summed E-state index contributed by atoms with van der Waals surface area (Å²) in [5.74, 6) is 0.503. The molecule has 4 rings (SSSR count). The van der Waals surface area contributed by atoms with E-state index in [1.54, 1.807) is 56.7 Å². The third-order valence-corrected chi connectivity index (χ3v) is 5.52. The maximum absolute atomic E-state index is 13.5. The number of amides is 1. The molecule has 3 aromatic carbocycles. The van der Waals surface area contributed by atoms with E-state index in [1.165, 1.54) is 17.1 Å². The minimum atomic E-state index is -0.396. The first-order valence-corrected chi connectivity index (χ1v) is 10.0. The molecule has 1 amide bonds. The Bertz CT molecular complexity index is 1150. The largest absolute Gasteiger partial charge is 0.493 e. The van der Waals surface area contributed by atoms with Crippen molar-refractivity contribution >= 4 is 23.2 Å². The summed E-state index contributed by atoms with van der Waals surface area (Å²) in [4.78, 5) is 13.3. The van der Waals surface area contributed by atoms with E-state index in [0.717, 1.165) is 11.1 Å². The average molecular weight is 439 g/mol. The fourth-order valence-corrected chi connectivity index (χ4v) is 3.81. The summed E-state index contributed by atoms with van der Waals surface area (Å²) in [5, 5.41) is 6.40. The van der Waals surface area contributed by atoms with Gasteiger partial charge in [-0.2, -0.15) is 5.10 Å². The molecule has 7 heteroatoms. The van der Waals surface area contributed by atoms with Gasteiger partial charge in [-0.25, -0.2) is 9.40 Å². The molecule has 1 aliphatic rings. The van der Waals surface area contributed by atoms with Crippen molar-refractivity contribution in [1.82, 2.24) is 5.01 Å². The Morgan fingerprint density at radius 3 is 2.42 bits per heavy atom. The molecule has 0 saturated heterocycles. The van der Waals surface area contributed by atoms with Gasteiger partial charge in [-0.05, 0) is 48.0 Å². The van der Waals surface area contributed by atoms with Gasteiger partial charge in [0.25, 0.3) is 5.91 Å². The molecule has 0 N–H and O–H groups in total. The van der Waals surface area contributed by atoms with Gasteiger partial charge in [0.15, 0.2) is 11.5 Å². The van der Waals surface area contributed by atoms with Crippen LogP contribution in [0.1, 0.15) is 33.9 Å². The van der Waals surface area contributed by atoms with E-state index in [2.05, 4.69) is 5.10 Å². The van der Waals surface area contributed by atoms with Crippen molar-refractivity contribution in [2.75, 3.05) is 14.2 Å². The van der Waals surface area contributed by atoms with Crippen LogP contribution in [0.15, 0.2) is 71.8 Å². The van der Waals surface area contributed by atoms with Gasteiger partial charge in [0, 0.05) is 12.0 Å². The lowest BCUT2D eigenvalue weighted by atomic mass is 9.98. The number of ether oxygens (including phenoxy) is 2. The number of halogens is 2. The van der Waals surface area contributed by atoms with Gasteiger partial charge in [0.1, 0.15) is 5.82 Å². The monoisotopic (exact) mass is 438 g/mol. The molecule has 0 fully saturated rings. The van der Waals surface area contributed by atoms with Crippen LogP contribution >= 0.6 is 11.6 Å². The van der Waals surface area contributed by atoms with Crippen LogP contribution in [0.2, 0.25) is 5.02 Å². The first-order chi connectivity index (χ1) is 15.0. The van der Waals surface area contributed by atoms with Crippen LogP contribution in [0.3, 0.4) is 0 Å². The van der Waals surface area contributed by atoms with Gasteiger partial charge < -0.3 is 9.47 Å². The third-order valence-electron chi connectivity index (χ3n) is 5.19. The van der Waals surface area contributed by atoms with Gasteiger partial charge in [0.2, 0.25) is 0 Å². The van der Waals surface area contributed by atoms with Crippen LogP contribution in [-0.2, 0) is 0 Å². The van der Waals surface area contributed by atoms with Gasteiger partial charge in [-0.15, -0.1) is 0 Å². The fourth-order valence-electron chi connectivity index (χ4n) is 3.59. The van der Waals surface area contributed by atoms with Crippen LogP contribution in [-0.4, -0.2) is 30.8 Å². The highest BCUT2D eigenvalue weighted by molar-refractivity contribution is 6.33. The summed E-state index contributed by atoms with van der Waals surface area (Å²) in [6.07, 6.45) is 0.456. The zero-order valence-electron chi connectivity index (χ0n) is 17.0. The van der Waals surface area contributed by atoms with Crippen molar-refractivity contribution in [3.05, 3.63) is 94.3 Å². The molecule has 5 nitrogen and oxygen atoms in total. The summed E-state index contributed by atoms with van der Waals surface area (Å²) in [6, 6.07) is 18.0. The molecule has 1 aliphatic heterocycles. The maximum Gasteiger partial charge on any atom is 0.276 e. The molecule has 0 saturated carbocycles. The SMILES string of the molecule is COc1ccc(C2=NN(C(=O)c3ccccc3Cl)[C@@H](c3ccc(F)cc3)C2)cc1OC. The number of hydrogen-bond donors (Lipinski definition) is 0. The number of nitrogens with zero attached hydrogens (tertiary/aromatic N) is 2. The summed E-state index contributed by atoms with van der Waals surface area (Å²) < 4.78 is 24.2. The summed E-state index contributed by atoms with van der Waals surface area (Å²) in [6.45, 7) is 0. The Hall–Kier alpha value is -3.38. The van der Waals surface area contributed by atoms with Gasteiger partial charge >= 0.3 is 0 Å². The number of hydrazone groups is 1. The molecular weight excluding hydrogens is 419 g/mol. The lowest BCUT2D eigenvalue weighted by Gasteiger charge is -2.22. The van der Waals surface area contributed by atoms with Crippen LogP contribution in [0.5, 0.6) is 11.5 Å². The molecule has 0 spiro atoms. The molecule has 0 bridgehead atoms. The van der Waals surface area contributed by atoms with E-state index >= 15 is 0 Å². The van der Waals surface area contributed by atoms with Crippen molar-refractivity contribution in [3.8, 4) is 11.5 Å². The molecule has 1 atom stereocenters. The lowest BCUT2D eigenvalue weighted by molar-refractivity contribution is 0.0711. The summed E-state index contributed by atoms with van der Waals surface area (Å²) >= 11 is 6.26. The fraction of sp³-hybridized carbons (Fsp3) is 0.167. The maximum atomic E-state index is 13.5. The molecule has 0 unspecified atom stereocenters. The standard InChI is InChI=1S/C24H20ClFN2O3/c1-30-22-12-9-16(13-23(22)31-2)20-14-21(15-7-10-17(26)11-8-15)28(27-20)24(29)18-5-3-4-6-19(18)25/h3-13,21H,14H2,1-2H3/t21-/m1/s1. The predicted molar refractivity (Wildman–Crippen MR) is 117 cm³/mol. The Balaban J connectivity index is 1.76. The minimum Gasteiger partial charge on any atom is -0.493 e. The number of carbonyl (C=O) groups is 1. The highest BCUT2D eigenvalue weighted by Crippen LogP contribution is 2.36. The van der Waals surface area contributed by atoms with Crippen molar-refractivity contribution < 1.29 is 18.7 Å². The van der Waals surface area contributed by atoms with Crippen LogP contribution in [0, 0.1) is 5.82 Å². The molecule has 0 aliphatic carbocycles. The van der Waals surface area contributed by atoms with E-state index in [1.807, 2.05) is 12.1 Å². The summed E-state index contributed by atoms with van der Waals surface area (Å²) in [5.41, 5.74) is 2.64. The van der Waals surface area contributed by atoms with Crippen LogP contribution in [0.25, 0.3) is 0 Å². The van der Waals surface area contributed by atoms with Gasteiger partial charge in [-0.1, -0.05) is 35.9 Å². The number of rotatable bonds is 5. The molecule has 31 heavy (non-hydrogen) atoms. The molecule has 1 heterocycles. The third kappa shape index (κ3) is 4.11. The highest BCUT2D eigenvalue weighted by atomic mass is 35.5. The van der Waals surface area contributed by atoms with E-state index in [0.29, 0.717) is 34.2 Å². The van der Waals surface area contributed by atoms with Crippen LogP contribution < -0.4 is 9.47 Å². The first kappa shape index (κ1) is 20.9. The number of methoxy groups -OCH3 is 2. The van der Waals surface area contributed by atoms with Crippen molar-refractivity contribution in [3.63, 3.8) is 0 Å². The highest BCUT2D eigenvalue weighted by Gasteiger charge is 2.34. The van der Waals surface area contributed by atoms with Gasteiger partial charge in [-0.3, -0.25) is 4.79 Å². The number of hydrogen-bond acceptors (Lipinski definition) is 4. The topological polar surface area (TPSA) is 51.1 Å². The predicted octanol–water partition coefficient (Wildman–Crippen LogP) is 5.49. The average Bonchev–Trinajstić information content (AvgIpc) is 3.24. The number of benzene rings is 3. The Kier molecular flexibility index (Phi) is 5.91. The van der Waals surface area contributed by atoms with E-state index in [-0.39, 0.29) is 11.7 Å². The van der Waals surface area contributed by atoms with Crippen LogP contribution in [0.4, 0.5) is 4.39 Å². The van der Waals surface area contributed by atoms with Crippen molar-refractivity contribution in [1.29, 1.82) is 0 Å². The quantitative estimate of drug-likeness (QED) is 0.529. The molecule has 0 aromatic heterocycles. The zero-order valence-corrected chi connectivity index (χ0v) is 17.8. The lowest BCUT2D eigenvalue weighted by Crippen LogP contribution is -2.27. The van der Waals surface area contributed by atoms with E-state index in [9.17, 15) is 9.18 Å². The second-order valence-corrected chi connectivity index (χ2v) is 7.42. The first-order valence-electron chi connectivity index (χ1n) is 9.65. The van der Waals surface area contributed by atoms with E-state index < -0.39 is 6.04 Å². The Morgan fingerprint density at radius 2 is 1.74 bits per heavy atom. The second kappa shape index (κ2) is 8.78. The van der Waals surface area contributed by atoms with Gasteiger partial charge in [0.05, 0.1) is 36.6 Å². The molecule has 158 valence electrons. The molecule has 0 radical (unpaired) electrons.